The Morgan fingerprint density at radius 3 is 2.70 bits per heavy atom. The van der Waals surface area contributed by atoms with Crippen LogP contribution in [0.25, 0.3) is 16.7 Å². The van der Waals surface area contributed by atoms with Crippen molar-refractivity contribution in [1.29, 1.82) is 0 Å². The molecular formula is C22H24N6OS. The van der Waals surface area contributed by atoms with Gasteiger partial charge in [0.15, 0.2) is 5.65 Å². The number of anilines is 1. The van der Waals surface area contributed by atoms with Crippen molar-refractivity contribution < 1.29 is 4.79 Å². The lowest BCUT2D eigenvalue weighted by atomic mass is 10.1. The number of hydrogen-bond donors (Lipinski definition) is 2. The Hall–Kier alpha value is -3.26. The number of para-hydroxylation sites is 1. The molecule has 0 aliphatic heterocycles. The molecule has 0 saturated carbocycles. The second-order valence-corrected chi connectivity index (χ2v) is 7.98. The van der Waals surface area contributed by atoms with Crippen LogP contribution in [-0.2, 0) is 0 Å². The van der Waals surface area contributed by atoms with Crippen molar-refractivity contribution in [2.24, 2.45) is 0 Å². The summed E-state index contributed by atoms with van der Waals surface area (Å²) in [6, 6.07) is 13.6. The summed E-state index contributed by atoms with van der Waals surface area (Å²) in [6.45, 7) is 5.29. The maximum Gasteiger partial charge on any atom is 0.261 e. The Bertz CT molecular complexity index is 1120. The average Bonchev–Trinajstić information content (AvgIpc) is 3.46. The van der Waals surface area contributed by atoms with Crippen molar-refractivity contribution in [3.63, 3.8) is 0 Å². The van der Waals surface area contributed by atoms with Crippen molar-refractivity contribution >= 4 is 34.1 Å². The monoisotopic (exact) mass is 420 g/mol. The summed E-state index contributed by atoms with van der Waals surface area (Å²) < 4.78 is 1.84. The Morgan fingerprint density at radius 2 is 1.97 bits per heavy atom. The van der Waals surface area contributed by atoms with Crippen LogP contribution in [0.15, 0.2) is 54.0 Å². The summed E-state index contributed by atoms with van der Waals surface area (Å²) in [5.41, 5.74) is 1.73. The first kappa shape index (κ1) is 20.0. The SMILES string of the molecule is CCC(C)c1nc(NCCNC(=O)c2cccs2)c2cnn(-c3ccccc3)c2n1. The maximum atomic E-state index is 12.1. The zero-order valence-corrected chi connectivity index (χ0v) is 17.8. The fraction of sp³-hybridized carbons (Fsp3) is 0.273. The Balaban J connectivity index is 1.57. The van der Waals surface area contributed by atoms with Crippen LogP contribution in [0.1, 0.15) is 41.7 Å². The molecule has 7 nitrogen and oxygen atoms in total. The number of thiophene rings is 1. The first-order chi connectivity index (χ1) is 14.7. The van der Waals surface area contributed by atoms with Gasteiger partial charge < -0.3 is 10.6 Å². The number of amides is 1. The highest BCUT2D eigenvalue weighted by atomic mass is 32.1. The van der Waals surface area contributed by atoms with Gasteiger partial charge in [0.05, 0.1) is 22.1 Å². The smallest absolute Gasteiger partial charge is 0.261 e. The molecule has 0 aliphatic rings. The lowest BCUT2D eigenvalue weighted by molar-refractivity contribution is 0.0959. The Morgan fingerprint density at radius 1 is 1.13 bits per heavy atom. The third kappa shape index (κ3) is 4.18. The first-order valence-corrected chi connectivity index (χ1v) is 10.9. The van der Waals surface area contributed by atoms with Crippen LogP contribution >= 0.6 is 11.3 Å². The third-order valence-electron chi connectivity index (χ3n) is 4.95. The van der Waals surface area contributed by atoms with Crippen LogP contribution in [0.5, 0.6) is 0 Å². The molecule has 0 bridgehead atoms. The van der Waals surface area contributed by atoms with Gasteiger partial charge in [-0.15, -0.1) is 11.3 Å². The number of fused-ring (bicyclic) bond motifs is 1. The van der Waals surface area contributed by atoms with E-state index in [9.17, 15) is 4.79 Å². The largest absolute Gasteiger partial charge is 0.368 e. The van der Waals surface area contributed by atoms with Gasteiger partial charge in [-0.1, -0.05) is 38.1 Å². The third-order valence-corrected chi connectivity index (χ3v) is 5.82. The quantitative estimate of drug-likeness (QED) is 0.417. The standard InChI is InChI=1S/C22H24N6OS/c1-3-15(2)19-26-20(23-11-12-24-22(29)18-10-7-13-30-18)17-14-25-28(21(17)27-19)16-8-5-4-6-9-16/h4-10,13-15H,3,11-12H2,1-2H3,(H,24,29)(H,23,26,27). The molecule has 1 aromatic carbocycles. The zero-order chi connectivity index (χ0) is 20.9. The topological polar surface area (TPSA) is 84.7 Å². The number of rotatable bonds is 8. The average molecular weight is 421 g/mol. The molecule has 4 aromatic rings. The van der Waals surface area contributed by atoms with E-state index < -0.39 is 0 Å². The summed E-state index contributed by atoms with van der Waals surface area (Å²) >= 11 is 1.43. The van der Waals surface area contributed by atoms with Gasteiger partial charge in [-0.3, -0.25) is 4.79 Å². The Labute approximate surface area is 179 Å². The Kier molecular flexibility index (Phi) is 6.04. The van der Waals surface area contributed by atoms with Gasteiger partial charge >= 0.3 is 0 Å². The van der Waals surface area contributed by atoms with E-state index in [2.05, 4.69) is 29.6 Å². The molecule has 4 rings (SSSR count). The molecule has 0 radical (unpaired) electrons. The van der Waals surface area contributed by atoms with E-state index in [-0.39, 0.29) is 11.8 Å². The molecule has 154 valence electrons. The fourth-order valence-electron chi connectivity index (χ4n) is 3.07. The number of benzene rings is 1. The molecule has 2 N–H and O–H groups in total. The molecule has 1 unspecified atom stereocenters. The normalized spacial score (nSPS) is 12.1. The van der Waals surface area contributed by atoms with Crippen molar-refractivity contribution in [2.45, 2.75) is 26.2 Å². The van der Waals surface area contributed by atoms with E-state index in [4.69, 9.17) is 9.97 Å². The van der Waals surface area contributed by atoms with Crippen LogP contribution in [0.3, 0.4) is 0 Å². The van der Waals surface area contributed by atoms with Gasteiger partial charge in [-0.25, -0.2) is 14.6 Å². The van der Waals surface area contributed by atoms with Gasteiger partial charge in [-0.2, -0.15) is 5.10 Å². The van der Waals surface area contributed by atoms with Crippen LogP contribution < -0.4 is 10.6 Å². The molecule has 1 amide bonds. The number of nitrogens with one attached hydrogen (secondary N) is 2. The van der Waals surface area contributed by atoms with Gasteiger partial charge in [0.25, 0.3) is 5.91 Å². The van der Waals surface area contributed by atoms with Crippen molar-refractivity contribution in [3.05, 3.63) is 64.7 Å². The van der Waals surface area contributed by atoms with E-state index in [1.807, 2.05) is 52.5 Å². The summed E-state index contributed by atoms with van der Waals surface area (Å²) in [4.78, 5) is 22.4. The second kappa shape index (κ2) is 9.04. The zero-order valence-electron chi connectivity index (χ0n) is 17.0. The summed E-state index contributed by atoms with van der Waals surface area (Å²) in [5, 5.41) is 13.6. The number of hydrogen-bond acceptors (Lipinski definition) is 6. The molecule has 1 atom stereocenters. The maximum absolute atomic E-state index is 12.1. The van der Waals surface area contributed by atoms with E-state index >= 15 is 0 Å². The van der Waals surface area contributed by atoms with E-state index in [0.29, 0.717) is 18.0 Å². The minimum atomic E-state index is -0.0585. The number of nitrogens with zero attached hydrogens (tertiary/aromatic N) is 4. The van der Waals surface area contributed by atoms with Crippen LogP contribution in [0, 0.1) is 0 Å². The minimum absolute atomic E-state index is 0.0585. The van der Waals surface area contributed by atoms with E-state index in [0.717, 1.165) is 34.8 Å². The molecule has 0 fully saturated rings. The summed E-state index contributed by atoms with van der Waals surface area (Å²) in [5.74, 6) is 1.69. The molecule has 3 heterocycles. The molecule has 3 aromatic heterocycles. The first-order valence-electron chi connectivity index (χ1n) is 10.0. The summed E-state index contributed by atoms with van der Waals surface area (Å²) in [7, 11) is 0. The number of aromatic nitrogens is 4. The van der Waals surface area contributed by atoms with Gasteiger partial charge in [-0.05, 0) is 30.0 Å². The second-order valence-electron chi connectivity index (χ2n) is 7.03. The predicted octanol–water partition coefficient (Wildman–Crippen LogP) is 4.23. The number of carbonyl (C=O) groups is 1. The molecule has 30 heavy (non-hydrogen) atoms. The van der Waals surface area contributed by atoms with Gasteiger partial charge in [0, 0.05) is 19.0 Å². The van der Waals surface area contributed by atoms with E-state index in [1.54, 1.807) is 6.20 Å². The number of carbonyl (C=O) groups excluding carboxylic acids is 1. The van der Waals surface area contributed by atoms with Crippen molar-refractivity contribution in [3.8, 4) is 5.69 Å². The van der Waals surface area contributed by atoms with E-state index in [1.165, 1.54) is 11.3 Å². The fourth-order valence-corrected chi connectivity index (χ4v) is 3.71. The van der Waals surface area contributed by atoms with Crippen LogP contribution in [0.4, 0.5) is 5.82 Å². The highest BCUT2D eigenvalue weighted by Gasteiger charge is 2.16. The van der Waals surface area contributed by atoms with Gasteiger partial charge in [0.1, 0.15) is 11.6 Å². The van der Waals surface area contributed by atoms with Gasteiger partial charge in [0.2, 0.25) is 0 Å². The van der Waals surface area contributed by atoms with Crippen molar-refractivity contribution in [2.75, 3.05) is 18.4 Å². The highest BCUT2D eigenvalue weighted by Crippen LogP contribution is 2.26. The molecule has 0 spiro atoms. The van der Waals surface area contributed by atoms with Crippen molar-refractivity contribution in [1.82, 2.24) is 25.1 Å². The summed E-state index contributed by atoms with van der Waals surface area (Å²) in [6.07, 6.45) is 2.73. The lowest BCUT2D eigenvalue weighted by Crippen LogP contribution is -2.28. The molecule has 8 heteroatoms. The molecule has 0 aliphatic carbocycles. The highest BCUT2D eigenvalue weighted by molar-refractivity contribution is 7.12. The lowest BCUT2D eigenvalue weighted by Gasteiger charge is -2.13. The van der Waals surface area contributed by atoms with Crippen LogP contribution in [0.2, 0.25) is 0 Å². The molecule has 0 saturated heterocycles. The van der Waals surface area contributed by atoms with Crippen LogP contribution in [-0.4, -0.2) is 38.7 Å². The molecular weight excluding hydrogens is 396 g/mol. The minimum Gasteiger partial charge on any atom is -0.368 e. The predicted molar refractivity (Wildman–Crippen MR) is 121 cm³/mol.